The first-order valence-corrected chi connectivity index (χ1v) is 12.3. The number of ether oxygens (including phenoxy) is 2. The van der Waals surface area contributed by atoms with Crippen LogP contribution in [0.3, 0.4) is 0 Å². The van der Waals surface area contributed by atoms with Crippen LogP contribution in [-0.4, -0.2) is 52.6 Å². The Kier molecular flexibility index (Phi) is 8.80. The van der Waals surface area contributed by atoms with Crippen molar-refractivity contribution in [3.63, 3.8) is 0 Å². The zero-order valence-electron chi connectivity index (χ0n) is 21.1. The quantitative estimate of drug-likeness (QED) is 0.152. The van der Waals surface area contributed by atoms with Gasteiger partial charge in [-0.1, -0.05) is 24.1 Å². The average molecular weight is 531 g/mol. The molecule has 0 radical (unpaired) electrons. The van der Waals surface area contributed by atoms with Gasteiger partial charge in [0.25, 0.3) is 5.91 Å². The molecule has 0 aliphatic carbocycles. The molecule has 0 saturated carbocycles. The highest BCUT2D eigenvalue weighted by Crippen LogP contribution is 2.34. The van der Waals surface area contributed by atoms with Gasteiger partial charge < -0.3 is 25.0 Å². The molecule has 2 heterocycles. The topological polar surface area (TPSA) is 102 Å². The van der Waals surface area contributed by atoms with Crippen LogP contribution in [0.5, 0.6) is 11.5 Å². The number of halogens is 1. The van der Waals surface area contributed by atoms with E-state index in [-0.39, 0.29) is 5.91 Å². The van der Waals surface area contributed by atoms with Gasteiger partial charge in [-0.3, -0.25) is 4.79 Å². The normalized spacial score (nSPS) is 10.5. The first-order chi connectivity index (χ1) is 18.5. The molecule has 38 heavy (non-hydrogen) atoms. The molecule has 1 amide bonds. The second-order valence-electron chi connectivity index (χ2n) is 8.17. The Morgan fingerprint density at radius 1 is 1.13 bits per heavy atom. The number of hydrogen-bond acceptors (Lipinski definition) is 8. The number of rotatable bonds is 11. The first kappa shape index (κ1) is 26.5. The van der Waals surface area contributed by atoms with Crippen molar-refractivity contribution in [1.29, 1.82) is 0 Å². The molecule has 0 aliphatic rings. The lowest BCUT2D eigenvalue weighted by atomic mass is 10.2. The SMILES string of the molecule is C#CN(CC)CCCOc1cc2ncnc(Nc3ccc(NC(=O)c4cccc(Cl)c4)nc3)c2cc1OC. The van der Waals surface area contributed by atoms with E-state index in [9.17, 15) is 4.79 Å². The second-order valence-corrected chi connectivity index (χ2v) is 8.61. The zero-order chi connectivity index (χ0) is 26.9. The van der Waals surface area contributed by atoms with Crippen LogP contribution < -0.4 is 20.1 Å². The Labute approximate surface area is 226 Å². The van der Waals surface area contributed by atoms with E-state index < -0.39 is 0 Å². The summed E-state index contributed by atoms with van der Waals surface area (Å²) >= 11 is 5.97. The van der Waals surface area contributed by atoms with Crippen LogP contribution in [0.1, 0.15) is 23.7 Å². The molecule has 4 aromatic rings. The number of benzene rings is 2. The summed E-state index contributed by atoms with van der Waals surface area (Å²) in [4.78, 5) is 27.4. The second kappa shape index (κ2) is 12.6. The van der Waals surface area contributed by atoms with Crippen molar-refractivity contribution in [3.8, 4) is 24.0 Å². The maximum atomic E-state index is 12.4. The van der Waals surface area contributed by atoms with Crippen molar-refractivity contribution in [3.05, 3.63) is 71.6 Å². The van der Waals surface area contributed by atoms with E-state index in [2.05, 4.69) is 31.6 Å². The van der Waals surface area contributed by atoms with E-state index >= 15 is 0 Å². The molecule has 10 heteroatoms. The average Bonchev–Trinajstić information content (AvgIpc) is 2.94. The van der Waals surface area contributed by atoms with Crippen molar-refractivity contribution < 1.29 is 14.3 Å². The van der Waals surface area contributed by atoms with Crippen LogP contribution in [0.2, 0.25) is 5.02 Å². The largest absolute Gasteiger partial charge is 0.493 e. The van der Waals surface area contributed by atoms with E-state index in [0.717, 1.165) is 24.9 Å². The van der Waals surface area contributed by atoms with Crippen molar-refractivity contribution in [2.45, 2.75) is 13.3 Å². The van der Waals surface area contributed by atoms with E-state index in [4.69, 9.17) is 27.5 Å². The number of carbonyl (C=O) groups is 1. The van der Waals surface area contributed by atoms with Gasteiger partial charge in [-0.25, -0.2) is 15.0 Å². The molecule has 0 unspecified atom stereocenters. The van der Waals surface area contributed by atoms with Gasteiger partial charge in [-0.05, 0) is 49.7 Å². The summed E-state index contributed by atoms with van der Waals surface area (Å²) < 4.78 is 11.5. The third-order valence-corrected chi connectivity index (χ3v) is 5.90. The summed E-state index contributed by atoms with van der Waals surface area (Å²) in [7, 11) is 1.59. The summed E-state index contributed by atoms with van der Waals surface area (Å²) in [5.41, 5.74) is 1.82. The Morgan fingerprint density at radius 2 is 2.00 bits per heavy atom. The predicted octanol–water partition coefficient (Wildman–Crippen LogP) is 5.36. The first-order valence-electron chi connectivity index (χ1n) is 12.0. The summed E-state index contributed by atoms with van der Waals surface area (Å²) in [6.07, 6.45) is 9.33. The minimum atomic E-state index is -0.300. The van der Waals surface area contributed by atoms with Crippen LogP contribution in [-0.2, 0) is 0 Å². The lowest BCUT2D eigenvalue weighted by Gasteiger charge is -2.16. The number of nitrogens with one attached hydrogen (secondary N) is 2. The van der Waals surface area contributed by atoms with Gasteiger partial charge in [0.15, 0.2) is 11.5 Å². The fraction of sp³-hybridized carbons (Fsp3) is 0.214. The molecule has 0 saturated heterocycles. The molecule has 2 aromatic heterocycles. The van der Waals surface area contributed by atoms with Gasteiger partial charge >= 0.3 is 0 Å². The molecular weight excluding hydrogens is 504 g/mol. The predicted molar refractivity (Wildman–Crippen MR) is 149 cm³/mol. The number of anilines is 3. The summed E-state index contributed by atoms with van der Waals surface area (Å²) in [5, 5.41) is 7.24. The van der Waals surface area contributed by atoms with Gasteiger partial charge in [-0.2, -0.15) is 0 Å². The molecule has 2 N–H and O–H groups in total. The maximum absolute atomic E-state index is 12.4. The summed E-state index contributed by atoms with van der Waals surface area (Å²) in [6, 6.07) is 16.5. The number of aromatic nitrogens is 3. The number of hydrogen-bond donors (Lipinski definition) is 2. The minimum absolute atomic E-state index is 0.300. The minimum Gasteiger partial charge on any atom is -0.493 e. The van der Waals surface area contributed by atoms with Gasteiger partial charge in [0.1, 0.15) is 18.0 Å². The molecule has 0 bridgehead atoms. The number of amides is 1. The molecular formula is C28H27ClN6O3. The molecule has 0 fully saturated rings. The Morgan fingerprint density at radius 3 is 2.71 bits per heavy atom. The number of terminal acetylenes is 1. The Bertz CT molecular complexity index is 1460. The van der Waals surface area contributed by atoms with Crippen molar-refractivity contribution in [1.82, 2.24) is 19.9 Å². The maximum Gasteiger partial charge on any atom is 0.256 e. The monoisotopic (exact) mass is 530 g/mol. The van der Waals surface area contributed by atoms with E-state index in [1.165, 1.54) is 6.33 Å². The van der Waals surface area contributed by atoms with Crippen LogP contribution in [0.25, 0.3) is 10.9 Å². The van der Waals surface area contributed by atoms with E-state index in [1.807, 2.05) is 24.0 Å². The molecule has 2 aromatic carbocycles. The van der Waals surface area contributed by atoms with Crippen molar-refractivity contribution >= 4 is 45.7 Å². The van der Waals surface area contributed by atoms with Gasteiger partial charge in [-0.15, -0.1) is 0 Å². The number of methoxy groups -OCH3 is 1. The lowest BCUT2D eigenvalue weighted by molar-refractivity contribution is 0.102. The molecule has 0 aliphatic heterocycles. The van der Waals surface area contributed by atoms with Crippen LogP contribution in [0, 0.1) is 12.5 Å². The fourth-order valence-corrected chi connectivity index (χ4v) is 3.87. The molecule has 9 nitrogen and oxygen atoms in total. The number of carbonyl (C=O) groups excluding carboxylic acids is 1. The fourth-order valence-electron chi connectivity index (χ4n) is 3.68. The number of fused-ring (bicyclic) bond motifs is 1. The van der Waals surface area contributed by atoms with E-state index in [0.29, 0.717) is 51.5 Å². The molecule has 4 rings (SSSR count). The van der Waals surface area contributed by atoms with Crippen LogP contribution in [0.4, 0.5) is 17.3 Å². The van der Waals surface area contributed by atoms with Crippen LogP contribution in [0.15, 0.2) is 61.1 Å². The highest BCUT2D eigenvalue weighted by Gasteiger charge is 2.13. The standard InChI is InChI=1S/C28H27ClN6O3/c1-4-35(5-2)12-7-13-38-25-16-23-22(15-24(25)37-3)27(32-18-31-23)33-21-10-11-26(30-17-21)34-28(36)19-8-6-9-20(29)14-19/h1,6,8-11,14-18H,5,7,12-13H2,2-3H3,(H,30,34,36)(H,31,32,33). The van der Waals surface area contributed by atoms with E-state index in [1.54, 1.807) is 49.7 Å². The molecule has 194 valence electrons. The van der Waals surface area contributed by atoms with Crippen molar-refractivity contribution in [2.24, 2.45) is 0 Å². The third-order valence-electron chi connectivity index (χ3n) is 5.67. The summed E-state index contributed by atoms with van der Waals surface area (Å²) in [6.45, 7) is 4.04. The zero-order valence-corrected chi connectivity index (χ0v) is 21.8. The smallest absolute Gasteiger partial charge is 0.256 e. The number of nitrogens with zero attached hydrogens (tertiary/aromatic N) is 4. The Hall–Kier alpha value is -4.55. The number of pyridine rings is 1. The lowest BCUT2D eigenvalue weighted by Crippen LogP contribution is -2.20. The summed E-state index contributed by atoms with van der Waals surface area (Å²) in [5.74, 6) is 1.84. The third kappa shape index (κ3) is 6.60. The van der Waals surface area contributed by atoms with Gasteiger partial charge in [0, 0.05) is 41.2 Å². The molecule has 0 spiro atoms. The van der Waals surface area contributed by atoms with Gasteiger partial charge in [0.05, 0.1) is 31.1 Å². The molecule has 0 atom stereocenters. The highest BCUT2D eigenvalue weighted by atomic mass is 35.5. The Balaban J connectivity index is 1.45. The highest BCUT2D eigenvalue weighted by molar-refractivity contribution is 6.31. The van der Waals surface area contributed by atoms with Gasteiger partial charge in [0.2, 0.25) is 0 Å². The van der Waals surface area contributed by atoms with Crippen LogP contribution >= 0.6 is 11.6 Å². The van der Waals surface area contributed by atoms with Crippen molar-refractivity contribution in [2.75, 3.05) is 37.4 Å².